The quantitative estimate of drug-likeness (QED) is 0.709. The van der Waals surface area contributed by atoms with E-state index < -0.39 is 11.9 Å². The van der Waals surface area contributed by atoms with Gasteiger partial charge in [-0.1, -0.05) is 0 Å². The standard InChI is InChI=1S/C10H12FN3O2/c1-12-10(16)14-9(15)6-13-8-4-2-7(11)3-5-8/h2-5,13H,6H2,1H3,(H2,12,14,15,16). The number of hydrogen-bond donors (Lipinski definition) is 3. The summed E-state index contributed by atoms with van der Waals surface area (Å²) >= 11 is 0. The molecule has 3 amide bonds. The van der Waals surface area contributed by atoms with Crippen LogP contribution in [0.25, 0.3) is 0 Å². The number of nitrogens with one attached hydrogen (secondary N) is 3. The molecule has 16 heavy (non-hydrogen) atoms. The third-order valence-corrected chi connectivity index (χ3v) is 1.78. The Hall–Kier alpha value is -2.11. The average Bonchev–Trinajstić information content (AvgIpc) is 2.28. The molecule has 1 aromatic rings. The van der Waals surface area contributed by atoms with Crippen molar-refractivity contribution in [3.8, 4) is 0 Å². The van der Waals surface area contributed by atoms with E-state index in [1.54, 1.807) is 0 Å². The minimum absolute atomic E-state index is 0.0565. The maximum Gasteiger partial charge on any atom is 0.321 e. The minimum Gasteiger partial charge on any atom is -0.376 e. The van der Waals surface area contributed by atoms with Gasteiger partial charge in [0.15, 0.2) is 0 Å². The van der Waals surface area contributed by atoms with Gasteiger partial charge in [-0.15, -0.1) is 0 Å². The first-order valence-electron chi connectivity index (χ1n) is 4.63. The second-order valence-electron chi connectivity index (χ2n) is 2.99. The molecule has 0 aliphatic heterocycles. The van der Waals surface area contributed by atoms with Gasteiger partial charge in [-0.25, -0.2) is 9.18 Å². The summed E-state index contributed by atoms with van der Waals surface area (Å²) in [6.45, 7) is -0.0565. The average molecular weight is 225 g/mol. The number of amides is 3. The number of rotatable bonds is 3. The van der Waals surface area contributed by atoms with Crippen LogP contribution in [-0.4, -0.2) is 25.5 Å². The predicted molar refractivity (Wildman–Crippen MR) is 57.5 cm³/mol. The molecule has 0 heterocycles. The molecular formula is C10H12FN3O2. The van der Waals surface area contributed by atoms with Crippen LogP contribution >= 0.6 is 0 Å². The Bertz CT molecular complexity index is 378. The Morgan fingerprint density at radius 2 is 1.88 bits per heavy atom. The molecule has 3 N–H and O–H groups in total. The topological polar surface area (TPSA) is 70.2 Å². The monoisotopic (exact) mass is 225 g/mol. The van der Waals surface area contributed by atoms with Crippen molar-refractivity contribution in [1.29, 1.82) is 0 Å². The van der Waals surface area contributed by atoms with Gasteiger partial charge in [0.05, 0.1) is 6.54 Å². The highest BCUT2D eigenvalue weighted by atomic mass is 19.1. The maximum atomic E-state index is 12.5. The first kappa shape index (κ1) is 12.0. The van der Waals surface area contributed by atoms with Crippen LogP contribution in [0.5, 0.6) is 0 Å². The fraction of sp³-hybridized carbons (Fsp3) is 0.200. The second-order valence-corrected chi connectivity index (χ2v) is 2.99. The molecule has 0 spiro atoms. The van der Waals surface area contributed by atoms with Gasteiger partial charge >= 0.3 is 6.03 Å². The zero-order chi connectivity index (χ0) is 12.0. The van der Waals surface area contributed by atoms with Crippen LogP contribution in [-0.2, 0) is 4.79 Å². The molecule has 0 atom stereocenters. The largest absolute Gasteiger partial charge is 0.376 e. The van der Waals surface area contributed by atoms with E-state index >= 15 is 0 Å². The van der Waals surface area contributed by atoms with Crippen molar-refractivity contribution in [1.82, 2.24) is 10.6 Å². The van der Waals surface area contributed by atoms with Crippen LogP contribution in [0.2, 0.25) is 0 Å². The molecule has 0 saturated heterocycles. The number of hydrogen-bond acceptors (Lipinski definition) is 3. The van der Waals surface area contributed by atoms with E-state index in [-0.39, 0.29) is 12.4 Å². The van der Waals surface area contributed by atoms with E-state index in [0.29, 0.717) is 5.69 Å². The predicted octanol–water partition coefficient (Wildman–Crippen LogP) is 0.693. The molecule has 0 unspecified atom stereocenters. The summed E-state index contributed by atoms with van der Waals surface area (Å²) < 4.78 is 12.5. The SMILES string of the molecule is CNC(=O)NC(=O)CNc1ccc(F)cc1. The summed E-state index contributed by atoms with van der Waals surface area (Å²) in [6, 6.07) is 4.99. The van der Waals surface area contributed by atoms with Crippen molar-refractivity contribution in [2.24, 2.45) is 0 Å². The van der Waals surface area contributed by atoms with Crippen molar-refractivity contribution >= 4 is 17.6 Å². The lowest BCUT2D eigenvalue weighted by Gasteiger charge is -2.06. The number of carbonyl (C=O) groups is 2. The van der Waals surface area contributed by atoms with Gasteiger partial charge in [-0.2, -0.15) is 0 Å². The van der Waals surface area contributed by atoms with Crippen LogP contribution in [0.1, 0.15) is 0 Å². The Morgan fingerprint density at radius 1 is 1.25 bits per heavy atom. The van der Waals surface area contributed by atoms with Gasteiger partial charge in [-0.3, -0.25) is 10.1 Å². The minimum atomic E-state index is -0.564. The third kappa shape index (κ3) is 3.95. The highest BCUT2D eigenvalue weighted by Gasteiger charge is 2.04. The van der Waals surface area contributed by atoms with E-state index in [1.807, 2.05) is 0 Å². The van der Waals surface area contributed by atoms with Gasteiger partial charge in [0.25, 0.3) is 0 Å². The van der Waals surface area contributed by atoms with E-state index in [2.05, 4.69) is 16.0 Å². The highest BCUT2D eigenvalue weighted by Crippen LogP contribution is 2.07. The molecule has 0 fully saturated rings. The molecule has 5 nitrogen and oxygen atoms in total. The fourth-order valence-electron chi connectivity index (χ4n) is 0.983. The molecule has 0 saturated carbocycles. The fourth-order valence-corrected chi connectivity index (χ4v) is 0.983. The van der Waals surface area contributed by atoms with Crippen LogP contribution < -0.4 is 16.0 Å². The summed E-state index contributed by atoms with van der Waals surface area (Å²) in [6.07, 6.45) is 0. The summed E-state index contributed by atoms with van der Waals surface area (Å²) in [7, 11) is 1.41. The molecule has 0 aliphatic carbocycles. The molecule has 0 aliphatic rings. The van der Waals surface area contributed by atoms with Crippen molar-refractivity contribution in [3.63, 3.8) is 0 Å². The van der Waals surface area contributed by atoms with Gasteiger partial charge in [0, 0.05) is 12.7 Å². The third-order valence-electron chi connectivity index (χ3n) is 1.78. The smallest absolute Gasteiger partial charge is 0.321 e. The van der Waals surface area contributed by atoms with Gasteiger partial charge in [0.2, 0.25) is 5.91 Å². The number of anilines is 1. The normalized spacial score (nSPS) is 9.38. The van der Waals surface area contributed by atoms with Crippen LogP contribution in [0, 0.1) is 5.82 Å². The van der Waals surface area contributed by atoms with Crippen molar-refractivity contribution in [2.75, 3.05) is 18.9 Å². The number of halogens is 1. The Morgan fingerprint density at radius 3 is 2.44 bits per heavy atom. The van der Waals surface area contributed by atoms with E-state index in [9.17, 15) is 14.0 Å². The highest BCUT2D eigenvalue weighted by molar-refractivity contribution is 5.96. The Kier molecular flexibility index (Phi) is 4.26. The first-order chi connectivity index (χ1) is 7.61. The number of imide groups is 1. The second kappa shape index (κ2) is 5.69. The molecule has 0 aromatic heterocycles. The molecule has 0 bridgehead atoms. The first-order valence-corrected chi connectivity index (χ1v) is 4.63. The van der Waals surface area contributed by atoms with Crippen molar-refractivity contribution in [2.45, 2.75) is 0 Å². The van der Waals surface area contributed by atoms with Crippen LogP contribution in [0.3, 0.4) is 0 Å². The maximum absolute atomic E-state index is 12.5. The lowest BCUT2D eigenvalue weighted by atomic mass is 10.3. The van der Waals surface area contributed by atoms with E-state index in [1.165, 1.54) is 31.3 Å². The van der Waals surface area contributed by atoms with E-state index in [4.69, 9.17) is 0 Å². The van der Waals surface area contributed by atoms with E-state index in [0.717, 1.165) is 0 Å². The number of urea groups is 1. The molecule has 1 aromatic carbocycles. The summed E-state index contributed by atoms with van der Waals surface area (Å²) in [4.78, 5) is 21.9. The summed E-state index contributed by atoms with van der Waals surface area (Å²) in [5.74, 6) is -0.816. The lowest BCUT2D eigenvalue weighted by molar-refractivity contribution is -0.118. The molecule has 6 heteroatoms. The van der Waals surface area contributed by atoms with Gasteiger partial charge in [-0.05, 0) is 24.3 Å². The van der Waals surface area contributed by atoms with Crippen LogP contribution in [0.15, 0.2) is 24.3 Å². The van der Waals surface area contributed by atoms with Crippen molar-refractivity contribution < 1.29 is 14.0 Å². The molecule has 86 valence electrons. The lowest BCUT2D eigenvalue weighted by Crippen LogP contribution is -2.40. The van der Waals surface area contributed by atoms with Gasteiger partial charge < -0.3 is 10.6 Å². The Balaban J connectivity index is 2.37. The Labute approximate surface area is 92.0 Å². The summed E-state index contributed by atoms with van der Waals surface area (Å²) in [5, 5.41) is 7.08. The molecule has 0 radical (unpaired) electrons. The van der Waals surface area contributed by atoms with Gasteiger partial charge in [0.1, 0.15) is 5.82 Å². The number of carbonyl (C=O) groups excluding carboxylic acids is 2. The van der Waals surface area contributed by atoms with Crippen molar-refractivity contribution in [3.05, 3.63) is 30.1 Å². The molecular weight excluding hydrogens is 213 g/mol. The number of benzene rings is 1. The summed E-state index contributed by atoms with van der Waals surface area (Å²) in [5.41, 5.74) is 0.605. The molecule has 1 rings (SSSR count). The van der Waals surface area contributed by atoms with Crippen LogP contribution in [0.4, 0.5) is 14.9 Å². The zero-order valence-electron chi connectivity index (χ0n) is 8.71. The zero-order valence-corrected chi connectivity index (χ0v) is 8.71.